The Morgan fingerprint density at radius 2 is 1.95 bits per heavy atom. The van der Waals surface area contributed by atoms with Crippen molar-refractivity contribution in [2.75, 3.05) is 26.5 Å². The van der Waals surface area contributed by atoms with Crippen LogP contribution in [0.3, 0.4) is 0 Å². The molecule has 5 nitrogen and oxygen atoms in total. The van der Waals surface area contributed by atoms with Crippen LogP contribution in [0.15, 0.2) is 42.6 Å². The zero-order chi connectivity index (χ0) is 14.5. The van der Waals surface area contributed by atoms with Gasteiger partial charge in [-0.2, -0.15) is 0 Å². The molecule has 0 aliphatic rings. The number of carbonyl (C=O) groups excluding carboxylic acids is 1. The summed E-state index contributed by atoms with van der Waals surface area (Å²) < 4.78 is 5.28. The smallest absolute Gasteiger partial charge is 0.257 e. The van der Waals surface area contributed by atoms with Crippen LogP contribution in [0.25, 0.3) is 0 Å². The number of amides is 1. The van der Waals surface area contributed by atoms with Crippen molar-refractivity contribution < 1.29 is 9.53 Å². The Hall–Kier alpha value is -2.56. The molecule has 0 fully saturated rings. The number of nitrogens with one attached hydrogen (secondary N) is 1. The lowest BCUT2D eigenvalue weighted by Gasteiger charge is -2.15. The van der Waals surface area contributed by atoms with Gasteiger partial charge in [0.2, 0.25) is 0 Å². The minimum atomic E-state index is -0.101. The molecule has 1 heterocycles. The van der Waals surface area contributed by atoms with Crippen molar-refractivity contribution >= 4 is 17.4 Å². The van der Waals surface area contributed by atoms with E-state index in [2.05, 4.69) is 10.3 Å². The lowest BCUT2D eigenvalue weighted by atomic mass is 10.2. The molecule has 0 aliphatic heterocycles. The number of hydrogen-bond acceptors (Lipinski definition) is 4. The Labute approximate surface area is 118 Å². The largest absolute Gasteiger partial charge is 0.495 e. The number of anilines is 2. The minimum Gasteiger partial charge on any atom is -0.495 e. The van der Waals surface area contributed by atoms with E-state index in [1.165, 1.54) is 4.90 Å². The number of benzene rings is 1. The van der Waals surface area contributed by atoms with Crippen LogP contribution in [0.2, 0.25) is 0 Å². The molecule has 2 aromatic rings. The van der Waals surface area contributed by atoms with Crippen LogP contribution >= 0.6 is 0 Å². The Morgan fingerprint density at radius 1 is 1.20 bits per heavy atom. The van der Waals surface area contributed by atoms with Crippen molar-refractivity contribution in [2.24, 2.45) is 0 Å². The Kier molecular flexibility index (Phi) is 4.20. The molecule has 0 unspecified atom stereocenters. The first-order valence-electron chi connectivity index (χ1n) is 6.20. The summed E-state index contributed by atoms with van der Waals surface area (Å²) in [6, 6.07) is 11.0. The van der Waals surface area contributed by atoms with Crippen molar-refractivity contribution in [1.82, 2.24) is 9.88 Å². The van der Waals surface area contributed by atoms with Gasteiger partial charge >= 0.3 is 0 Å². The first kappa shape index (κ1) is 13.9. The quantitative estimate of drug-likeness (QED) is 0.928. The molecule has 5 heteroatoms. The lowest BCUT2D eigenvalue weighted by Crippen LogP contribution is -2.23. The van der Waals surface area contributed by atoms with E-state index < -0.39 is 0 Å². The summed E-state index contributed by atoms with van der Waals surface area (Å²) in [6.45, 7) is 0. The van der Waals surface area contributed by atoms with Gasteiger partial charge in [-0.25, -0.2) is 4.98 Å². The molecule has 0 atom stereocenters. The molecule has 0 saturated carbocycles. The van der Waals surface area contributed by atoms with Gasteiger partial charge in [0.25, 0.3) is 5.91 Å². The van der Waals surface area contributed by atoms with E-state index in [4.69, 9.17) is 4.74 Å². The fourth-order valence-corrected chi connectivity index (χ4v) is 1.79. The topological polar surface area (TPSA) is 54.5 Å². The van der Waals surface area contributed by atoms with Gasteiger partial charge in [0.1, 0.15) is 11.6 Å². The second-order valence-corrected chi connectivity index (χ2v) is 4.42. The SMILES string of the molecule is COc1ccccc1Nc1ncccc1C(=O)N(C)C. The summed E-state index contributed by atoms with van der Waals surface area (Å²) in [4.78, 5) is 17.9. The van der Waals surface area contributed by atoms with Crippen LogP contribution in [-0.2, 0) is 0 Å². The highest BCUT2D eigenvalue weighted by Crippen LogP contribution is 2.27. The average Bonchev–Trinajstić information content (AvgIpc) is 2.47. The summed E-state index contributed by atoms with van der Waals surface area (Å²) in [5, 5.41) is 3.14. The van der Waals surface area contributed by atoms with E-state index in [9.17, 15) is 4.79 Å². The van der Waals surface area contributed by atoms with Crippen LogP contribution < -0.4 is 10.1 Å². The third kappa shape index (κ3) is 2.88. The van der Waals surface area contributed by atoms with Crippen LogP contribution in [-0.4, -0.2) is 37.0 Å². The van der Waals surface area contributed by atoms with Gasteiger partial charge < -0.3 is 15.0 Å². The fraction of sp³-hybridized carbons (Fsp3) is 0.200. The second kappa shape index (κ2) is 6.06. The van der Waals surface area contributed by atoms with Gasteiger partial charge in [0.05, 0.1) is 18.4 Å². The lowest BCUT2D eigenvalue weighted by molar-refractivity contribution is 0.0828. The maximum absolute atomic E-state index is 12.1. The van der Waals surface area contributed by atoms with E-state index in [1.54, 1.807) is 39.5 Å². The number of carbonyl (C=O) groups is 1. The van der Waals surface area contributed by atoms with Crippen LogP contribution in [0.5, 0.6) is 5.75 Å². The molecular formula is C15H17N3O2. The zero-order valence-corrected chi connectivity index (χ0v) is 11.8. The molecule has 0 bridgehead atoms. The molecule has 0 spiro atoms. The summed E-state index contributed by atoms with van der Waals surface area (Å²) >= 11 is 0. The molecular weight excluding hydrogens is 254 g/mol. The van der Waals surface area contributed by atoms with Crippen LogP contribution in [0.1, 0.15) is 10.4 Å². The van der Waals surface area contributed by atoms with Crippen molar-refractivity contribution in [3.63, 3.8) is 0 Å². The Morgan fingerprint density at radius 3 is 2.65 bits per heavy atom. The van der Waals surface area contributed by atoms with Crippen molar-refractivity contribution in [3.8, 4) is 5.75 Å². The highest BCUT2D eigenvalue weighted by molar-refractivity contribution is 5.99. The van der Waals surface area contributed by atoms with Crippen molar-refractivity contribution in [1.29, 1.82) is 0 Å². The van der Waals surface area contributed by atoms with E-state index in [0.29, 0.717) is 17.1 Å². The normalized spacial score (nSPS) is 9.95. The van der Waals surface area contributed by atoms with Crippen LogP contribution in [0, 0.1) is 0 Å². The summed E-state index contributed by atoms with van der Waals surface area (Å²) in [6.07, 6.45) is 1.64. The monoisotopic (exact) mass is 271 g/mol. The first-order valence-corrected chi connectivity index (χ1v) is 6.20. The highest BCUT2D eigenvalue weighted by Gasteiger charge is 2.15. The van der Waals surface area contributed by atoms with E-state index in [1.807, 2.05) is 24.3 Å². The Bertz CT molecular complexity index is 612. The summed E-state index contributed by atoms with van der Waals surface area (Å²) in [5.74, 6) is 1.10. The maximum atomic E-state index is 12.1. The minimum absolute atomic E-state index is 0.101. The summed E-state index contributed by atoms with van der Waals surface area (Å²) in [7, 11) is 5.02. The van der Waals surface area contributed by atoms with E-state index in [-0.39, 0.29) is 5.91 Å². The van der Waals surface area contributed by atoms with Gasteiger partial charge in [-0.3, -0.25) is 4.79 Å². The fourth-order valence-electron chi connectivity index (χ4n) is 1.79. The zero-order valence-electron chi connectivity index (χ0n) is 11.8. The summed E-state index contributed by atoms with van der Waals surface area (Å²) in [5.41, 5.74) is 1.28. The predicted molar refractivity (Wildman–Crippen MR) is 78.5 cm³/mol. The number of para-hydroxylation sites is 2. The van der Waals surface area contributed by atoms with Crippen molar-refractivity contribution in [3.05, 3.63) is 48.2 Å². The van der Waals surface area contributed by atoms with E-state index in [0.717, 1.165) is 5.69 Å². The van der Waals surface area contributed by atoms with Gasteiger partial charge in [-0.1, -0.05) is 12.1 Å². The Balaban J connectivity index is 2.37. The molecule has 1 amide bonds. The molecule has 20 heavy (non-hydrogen) atoms. The third-order valence-electron chi connectivity index (χ3n) is 2.80. The number of aromatic nitrogens is 1. The number of ether oxygens (including phenoxy) is 1. The molecule has 1 N–H and O–H groups in total. The van der Waals surface area contributed by atoms with Crippen LogP contribution in [0.4, 0.5) is 11.5 Å². The maximum Gasteiger partial charge on any atom is 0.257 e. The van der Waals surface area contributed by atoms with Gasteiger partial charge in [0.15, 0.2) is 0 Å². The molecule has 0 saturated heterocycles. The van der Waals surface area contributed by atoms with Gasteiger partial charge in [0, 0.05) is 20.3 Å². The molecule has 1 aromatic carbocycles. The molecule has 1 aromatic heterocycles. The molecule has 104 valence electrons. The standard InChI is InChI=1S/C15H17N3O2/c1-18(2)15(19)11-7-6-10-16-14(11)17-12-8-4-5-9-13(12)20-3/h4-10H,1-3H3,(H,16,17). The molecule has 2 rings (SSSR count). The number of methoxy groups -OCH3 is 1. The predicted octanol–water partition coefficient (Wildman–Crippen LogP) is 2.54. The first-order chi connectivity index (χ1) is 9.63. The highest BCUT2D eigenvalue weighted by atomic mass is 16.5. The van der Waals surface area contributed by atoms with Gasteiger partial charge in [-0.05, 0) is 24.3 Å². The molecule has 0 aliphatic carbocycles. The number of nitrogens with zero attached hydrogens (tertiary/aromatic N) is 2. The van der Waals surface area contributed by atoms with Crippen molar-refractivity contribution in [2.45, 2.75) is 0 Å². The van der Waals surface area contributed by atoms with E-state index >= 15 is 0 Å². The number of pyridine rings is 1. The third-order valence-corrected chi connectivity index (χ3v) is 2.80. The second-order valence-electron chi connectivity index (χ2n) is 4.42. The number of hydrogen-bond donors (Lipinski definition) is 1. The molecule has 0 radical (unpaired) electrons. The van der Waals surface area contributed by atoms with Gasteiger partial charge in [-0.15, -0.1) is 0 Å². The average molecular weight is 271 g/mol. The number of rotatable bonds is 4.